The van der Waals surface area contributed by atoms with Crippen LogP contribution >= 0.6 is 0 Å². The fraction of sp³-hybridized carbons (Fsp3) is 0.0222. The van der Waals surface area contributed by atoms with Crippen molar-refractivity contribution in [1.82, 2.24) is 0 Å². The lowest BCUT2D eigenvalue weighted by Crippen LogP contribution is -2.28. The molecule has 6 heteroatoms. The van der Waals surface area contributed by atoms with E-state index in [0.29, 0.717) is 23.0 Å². The van der Waals surface area contributed by atoms with Gasteiger partial charge in [-0.05, 0) is 106 Å². The molecule has 0 spiro atoms. The smallest absolute Gasteiger partial charge is 0.142 e. The van der Waals surface area contributed by atoms with E-state index in [1.165, 1.54) is 12.1 Å². The first-order chi connectivity index (χ1) is 24.9. The van der Waals surface area contributed by atoms with Crippen molar-refractivity contribution < 1.29 is 19.7 Å². The van der Waals surface area contributed by atoms with Gasteiger partial charge in [-0.1, -0.05) is 84.6 Å². The van der Waals surface area contributed by atoms with E-state index in [0.717, 1.165) is 44.5 Å². The van der Waals surface area contributed by atoms with Crippen molar-refractivity contribution in [2.45, 2.75) is 5.41 Å². The SMILES string of the molecule is Nc1ccc(Oc2ccc(C3(c4ccc(Oc5ccc(N)c(O)c5)cc4)c4ccccc4-c4cc(C#Cc5ccccc5)ccc43)cc2)cc1O. The molecule has 0 fully saturated rings. The van der Waals surface area contributed by atoms with E-state index in [2.05, 4.69) is 78.6 Å². The molecule has 0 saturated carbocycles. The maximum Gasteiger partial charge on any atom is 0.142 e. The van der Waals surface area contributed by atoms with Gasteiger partial charge in [0.2, 0.25) is 0 Å². The first-order valence-corrected chi connectivity index (χ1v) is 16.4. The highest BCUT2D eigenvalue weighted by atomic mass is 16.5. The van der Waals surface area contributed by atoms with Gasteiger partial charge in [-0.25, -0.2) is 0 Å². The van der Waals surface area contributed by atoms with Crippen LogP contribution in [0.15, 0.2) is 158 Å². The molecule has 0 heterocycles. The van der Waals surface area contributed by atoms with Gasteiger partial charge in [-0.3, -0.25) is 0 Å². The van der Waals surface area contributed by atoms with Gasteiger partial charge in [-0.2, -0.15) is 0 Å². The molecule has 0 aromatic heterocycles. The van der Waals surface area contributed by atoms with E-state index >= 15 is 0 Å². The molecule has 8 rings (SSSR count). The average molecular weight is 665 g/mol. The number of ether oxygens (including phenoxy) is 2. The fourth-order valence-corrected chi connectivity index (χ4v) is 6.81. The summed E-state index contributed by atoms with van der Waals surface area (Å²) < 4.78 is 12.2. The van der Waals surface area contributed by atoms with Gasteiger partial charge >= 0.3 is 0 Å². The van der Waals surface area contributed by atoms with Crippen LogP contribution < -0.4 is 20.9 Å². The third kappa shape index (κ3) is 5.73. The maximum atomic E-state index is 10.1. The Balaban J connectivity index is 1.25. The highest BCUT2D eigenvalue weighted by Crippen LogP contribution is 2.56. The minimum Gasteiger partial charge on any atom is -0.506 e. The van der Waals surface area contributed by atoms with Gasteiger partial charge in [0.15, 0.2) is 0 Å². The molecule has 0 radical (unpaired) electrons. The molecular weight excluding hydrogens is 633 g/mol. The monoisotopic (exact) mass is 664 g/mol. The van der Waals surface area contributed by atoms with E-state index in [-0.39, 0.29) is 22.9 Å². The molecule has 7 aromatic carbocycles. The van der Waals surface area contributed by atoms with Crippen molar-refractivity contribution in [3.05, 3.63) is 191 Å². The minimum atomic E-state index is -0.687. The third-order valence-electron chi connectivity index (χ3n) is 9.22. The number of phenols is 2. The number of nitrogens with two attached hydrogens (primary N) is 2. The molecule has 0 aliphatic heterocycles. The zero-order valence-electron chi connectivity index (χ0n) is 27.4. The van der Waals surface area contributed by atoms with Crippen LogP contribution in [0.5, 0.6) is 34.5 Å². The zero-order chi connectivity index (χ0) is 35.0. The number of benzene rings is 7. The molecular formula is C45H32N2O4. The molecule has 7 aromatic rings. The summed E-state index contributed by atoms with van der Waals surface area (Å²) in [7, 11) is 0. The zero-order valence-corrected chi connectivity index (χ0v) is 27.4. The van der Waals surface area contributed by atoms with E-state index in [1.54, 1.807) is 24.3 Å². The van der Waals surface area contributed by atoms with Crippen LogP contribution in [0.1, 0.15) is 33.4 Å². The quantitative estimate of drug-likeness (QED) is 0.0801. The van der Waals surface area contributed by atoms with Crippen LogP contribution in [0.3, 0.4) is 0 Å². The Kier molecular flexibility index (Phi) is 7.79. The Morgan fingerprint density at radius 1 is 0.431 bits per heavy atom. The number of rotatable bonds is 6. The maximum absolute atomic E-state index is 10.1. The predicted octanol–water partition coefficient (Wildman–Crippen LogP) is 9.61. The molecule has 0 unspecified atom stereocenters. The number of phenolic OH excluding ortho intramolecular Hbond substituents is 2. The summed E-state index contributed by atoms with van der Waals surface area (Å²) >= 11 is 0. The highest BCUT2D eigenvalue weighted by molar-refractivity contribution is 5.87. The van der Waals surface area contributed by atoms with Crippen LogP contribution in [0.4, 0.5) is 11.4 Å². The number of aromatic hydroxyl groups is 2. The summed E-state index contributed by atoms with van der Waals surface area (Å²) in [6.07, 6.45) is 0. The number of nitrogen functional groups attached to an aromatic ring is 2. The van der Waals surface area contributed by atoms with Crippen molar-refractivity contribution >= 4 is 11.4 Å². The van der Waals surface area contributed by atoms with E-state index in [9.17, 15) is 10.2 Å². The Morgan fingerprint density at radius 2 is 0.922 bits per heavy atom. The number of hydrogen-bond acceptors (Lipinski definition) is 6. The first-order valence-electron chi connectivity index (χ1n) is 16.4. The van der Waals surface area contributed by atoms with Crippen molar-refractivity contribution in [2.24, 2.45) is 0 Å². The predicted molar refractivity (Wildman–Crippen MR) is 201 cm³/mol. The van der Waals surface area contributed by atoms with Crippen LogP contribution in [0, 0.1) is 11.8 Å². The lowest BCUT2D eigenvalue weighted by atomic mass is 9.67. The molecule has 0 saturated heterocycles. The normalized spacial score (nSPS) is 12.2. The van der Waals surface area contributed by atoms with Gasteiger partial charge in [0.05, 0.1) is 16.8 Å². The number of fused-ring (bicyclic) bond motifs is 3. The number of anilines is 2. The number of hydrogen-bond donors (Lipinski definition) is 4. The second-order valence-electron chi connectivity index (χ2n) is 12.4. The Bertz CT molecular complexity index is 2370. The van der Waals surface area contributed by atoms with E-state index in [4.69, 9.17) is 20.9 Å². The summed E-state index contributed by atoms with van der Waals surface area (Å²) in [5.41, 5.74) is 20.0. The van der Waals surface area contributed by atoms with Crippen LogP contribution in [-0.4, -0.2) is 10.2 Å². The highest BCUT2D eigenvalue weighted by Gasteiger charge is 2.46. The Morgan fingerprint density at radius 3 is 1.49 bits per heavy atom. The summed E-state index contributed by atoms with van der Waals surface area (Å²) in [6, 6.07) is 50.7. The minimum absolute atomic E-state index is 0.0318. The lowest BCUT2D eigenvalue weighted by Gasteiger charge is -2.34. The Hall–Kier alpha value is -7.10. The molecule has 6 N–H and O–H groups in total. The molecule has 246 valence electrons. The van der Waals surface area contributed by atoms with Gasteiger partial charge in [-0.15, -0.1) is 0 Å². The summed E-state index contributed by atoms with van der Waals surface area (Å²) in [5.74, 6) is 8.81. The summed E-state index contributed by atoms with van der Waals surface area (Å²) in [6.45, 7) is 0. The van der Waals surface area contributed by atoms with Crippen LogP contribution in [0.25, 0.3) is 11.1 Å². The summed E-state index contributed by atoms with van der Waals surface area (Å²) in [4.78, 5) is 0. The lowest BCUT2D eigenvalue weighted by molar-refractivity contribution is 0.456. The van der Waals surface area contributed by atoms with E-state index < -0.39 is 5.41 Å². The molecule has 0 bridgehead atoms. The molecule has 0 amide bonds. The van der Waals surface area contributed by atoms with Crippen molar-refractivity contribution in [2.75, 3.05) is 11.5 Å². The molecule has 1 aliphatic rings. The van der Waals surface area contributed by atoms with Gasteiger partial charge in [0, 0.05) is 23.3 Å². The molecule has 1 aliphatic carbocycles. The van der Waals surface area contributed by atoms with Crippen molar-refractivity contribution in [3.8, 4) is 57.5 Å². The van der Waals surface area contributed by atoms with Gasteiger partial charge in [0.25, 0.3) is 0 Å². The van der Waals surface area contributed by atoms with Gasteiger partial charge in [0.1, 0.15) is 34.5 Å². The standard InChI is InChI=1S/C45H32N2O4/c46-41-24-21-35(27-43(41)48)50-33-17-13-31(14-18-33)45(32-15-19-34(20-16-32)51-36-22-25-42(47)44(49)28-36)39-9-5-4-8-37(39)38-26-30(12-23-40(38)45)11-10-29-6-2-1-3-7-29/h1-9,12-28,48-49H,46-47H2. The second-order valence-corrected chi connectivity index (χ2v) is 12.4. The second kappa shape index (κ2) is 12.7. The van der Waals surface area contributed by atoms with E-state index in [1.807, 2.05) is 54.6 Å². The molecule has 0 atom stereocenters. The Labute approximate surface area is 295 Å². The molecule has 51 heavy (non-hydrogen) atoms. The van der Waals surface area contributed by atoms with Crippen molar-refractivity contribution in [1.29, 1.82) is 0 Å². The average Bonchev–Trinajstić information content (AvgIpc) is 3.45. The summed E-state index contributed by atoms with van der Waals surface area (Å²) in [5, 5.41) is 20.2. The van der Waals surface area contributed by atoms with Crippen LogP contribution in [-0.2, 0) is 5.41 Å². The van der Waals surface area contributed by atoms with Crippen molar-refractivity contribution in [3.63, 3.8) is 0 Å². The molecule has 6 nitrogen and oxygen atoms in total. The first kappa shape index (κ1) is 31.2. The van der Waals surface area contributed by atoms with Crippen LogP contribution in [0.2, 0.25) is 0 Å². The largest absolute Gasteiger partial charge is 0.506 e. The topological polar surface area (TPSA) is 111 Å². The fourth-order valence-electron chi connectivity index (χ4n) is 6.81. The van der Waals surface area contributed by atoms with Gasteiger partial charge < -0.3 is 31.2 Å². The third-order valence-corrected chi connectivity index (χ3v) is 9.22.